The summed E-state index contributed by atoms with van der Waals surface area (Å²) in [5.74, 6) is -1.51. The summed E-state index contributed by atoms with van der Waals surface area (Å²) in [7, 11) is 0. The van der Waals surface area contributed by atoms with Gasteiger partial charge in [0.05, 0.1) is 10.7 Å². The second-order valence-electron chi connectivity index (χ2n) is 5.04. The molecule has 130 valence electrons. The quantitative estimate of drug-likeness (QED) is 0.245. The van der Waals surface area contributed by atoms with Crippen molar-refractivity contribution in [3.05, 3.63) is 70.0 Å². The van der Waals surface area contributed by atoms with Gasteiger partial charge in [-0.3, -0.25) is 19.7 Å². The van der Waals surface area contributed by atoms with Crippen molar-refractivity contribution in [2.75, 3.05) is 5.75 Å². The number of hydrogen-bond acceptors (Lipinski definition) is 6. The zero-order chi connectivity index (χ0) is 18.4. The summed E-state index contributed by atoms with van der Waals surface area (Å²) in [6.45, 7) is 1.44. The predicted octanol–water partition coefficient (Wildman–Crippen LogP) is 3.64. The lowest BCUT2D eigenvalue weighted by Gasteiger charge is -2.12. The number of benzene rings is 2. The Labute approximate surface area is 147 Å². The Morgan fingerprint density at radius 3 is 2.32 bits per heavy atom. The molecule has 1 atom stereocenters. The Balaban J connectivity index is 1.85. The molecule has 0 saturated heterocycles. The van der Waals surface area contributed by atoms with Gasteiger partial charge in [-0.2, -0.15) is 0 Å². The molecule has 0 unspecified atom stereocenters. The largest absolute Gasteiger partial charge is 0.454 e. The third-order valence-corrected chi connectivity index (χ3v) is 4.20. The number of nitro benzene ring substituents is 1. The van der Waals surface area contributed by atoms with Crippen LogP contribution in [0.25, 0.3) is 0 Å². The number of non-ortho nitro benzene ring substituents is 1. The average molecular weight is 363 g/mol. The molecule has 8 heteroatoms. The van der Waals surface area contributed by atoms with Gasteiger partial charge in [0, 0.05) is 22.6 Å². The van der Waals surface area contributed by atoms with Crippen LogP contribution in [0.3, 0.4) is 0 Å². The number of carbonyl (C=O) groups is 2. The standard InChI is InChI=1S/C17H14FNO5S/c1-11(17(21)12-2-4-13(18)5-3-12)24-16(20)10-25-15-8-6-14(7-9-15)19(22)23/h2-9,11H,10H2,1H3/t11-/m0/s1. The second-order valence-corrected chi connectivity index (χ2v) is 6.09. The van der Waals surface area contributed by atoms with Crippen LogP contribution in [0.2, 0.25) is 0 Å². The summed E-state index contributed by atoms with van der Waals surface area (Å²) >= 11 is 1.14. The Kier molecular flexibility index (Phi) is 6.24. The van der Waals surface area contributed by atoms with Gasteiger partial charge >= 0.3 is 5.97 Å². The van der Waals surface area contributed by atoms with E-state index in [1.807, 2.05) is 0 Å². The molecule has 0 saturated carbocycles. The fourth-order valence-corrected chi connectivity index (χ4v) is 2.62. The van der Waals surface area contributed by atoms with Gasteiger partial charge in [-0.1, -0.05) is 0 Å². The van der Waals surface area contributed by atoms with Crippen molar-refractivity contribution in [2.45, 2.75) is 17.9 Å². The number of thioether (sulfide) groups is 1. The lowest BCUT2D eigenvalue weighted by Crippen LogP contribution is -2.25. The Morgan fingerprint density at radius 1 is 1.16 bits per heavy atom. The molecule has 0 bridgehead atoms. The van der Waals surface area contributed by atoms with E-state index in [-0.39, 0.29) is 17.0 Å². The van der Waals surface area contributed by atoms with Crippen LogP contribution in [0.1, 0.15) is 17.3 Å². The first-order chi connectivity index (χ1) is 11.9. The van der Waals surface area contributed by atoms with Gasteiger partial charge in [0.1, 0.15) is 5.82 Å². The molecule has 0 spiro atoms. The number of rotatable bonds is 7. The molecule has 0 N–H and O–H groups in total. The minimum Gasteiger partial charge on any atom is -0.454 e. The Hall–Kier alpha value is -2.74. The molecule has 0 aliphatic heterocycles. The maximum Gasteiger partial charge on any atom is 0.316 e. The van der Waals surface area contributed by atoms with E-state index >= 15 is 0 Å². The third-order valence-electron chi connectivity index (χ3n) is 3.21. The SMILES string of the molecule is C[C@H](OC(=O)CSc1ccc([N+](=O)[O-])cc1)C(=O)c1ccc(F)cc1. The van der Waals surface area contributed by atoms with Crippen LogP contribution in [0.4, 0.5) is 10.1 Å². The maximum absolute atomic E-state index is 12.9. The Bertz CT molecular complexity index is 777. The van der Waals surface area contributed by atoms with Gasteiger partial charge in [-0.05, 0) is 43.3 Å². The second kappa shape index (κ2) is 8.39. The smallest absolute Gasteiger partial charge is 0.316 e. The third kappa shape index (κ3) is 5.39. The monoisotopic (exact) mass is 363 g/mol. The molecule has 0 radical (unpaired) electrons. The van der Waals surface area contributed by atoms with Crippen molar-refractivity contribution in [2.24, 2.45) is 0 Å². The highest BCUT2D eigenvalue weighted by Crippen LogP contribution is 2.21. The van der Waals surface area contributed by atoms with Crippen LogP contribution < -0.4 is 0 Å². The number of ether oxygens (including phenoxy) is 1. The lowest BCUT2D eigenvalue weighted by atomic mass is 10.1. The molecular formula is C17H14FNO5S. The number of carbonyl (C=O) groups excluding carboxylic acids is 2. The van der Waals surface area contributed by atoms with Crippen LogP contribution in [0.15, 0.2) is 53.4 Å². The molecular weight excluding hydrogens is 349 g/mol. The van der Waals surface area contributed by atoms with Gasteiger partial charge in [0.2, 0.25) is 5.78 Å². The molecule has 0 heterocycles. The Morgan fingerprint density at radius 2 is 1.76 bits per heavy atom. The van der Waals surface area contributed by atoms with E-state index in [0.29, 0.717) is 4.90 Å². The highest BCUT2D eigenvalue weighted by molar-refractivity contribution is 8.00. The number of esters is 1. The topological polar surface area (TPSA) is 86.5 Å². The summed E-state index contributed by atoms with van der Waals surface area (Å²) in [6.07, 6.45) is -0.990. The molecule has 0 aliphatic rings. The molecule has 0 fully saturated rings. The molecule has 2 aromatic rings. The summed E-state index contributed by atoms with van der Waals surface area (Å²) in [6, 6.07) is 10.7. The molecule has 0 aromatic heterocycles. The van der Waals surface area contributed by atoms with Gasteiger partial charge in [0.25, 0.3) is 5.69 Å². The number of halogens is 1. The van der Waals surface area contributed by atoms with Crippen LogP contribution in [-0.2, 0) is 9.53 Å². The highest BCUT2D eigenvalue weighted by atomic mass is 32.2. The normalized spacial score (nSPS) is 11.6. The predicted molar refractivity (Wildman–Crippen MR) is 90.1 cm³/mol. The zero-order valence-electron chi connectivity index (χ0n) is 13.2. The fourth-order valence-electron chi connectivity index (χ4n) is 1.94. The molecule has 2 rings (SSSR count). The first-order valence-corrected chi connectivity index (χ1v) is 8.22. The first kappa shape index (κ1) is 18.6. The number of Topliss-reactive ketones (excluding diaryl/α,β-unsaturated/α-hetero) is 1. The summed E-state index contributed by atoms with van der Waals surface area (Å²) in [5.41, 5.74) is 0.218. The van der Waals surface area contributed by atoms with Crippen LogP contribution in [-0.4, -0.2) is 28.5 Å². The van der Waals surface area contributed by atoms with Gasteiger partial charge < -0.3 is 4.74 Å². The molecule has 2 aromatic carbocycles. The minimum absolute atomic E-state index is 0.0366. The van der Waals surface area contributed by atoms with Gasteiger partial charge in [0.15, 0.2) is 6.10 Å². The molecule has 0 amide bonds. The van der Waals surface area contributed by atoms with E-state index in [0.717, 1.165) is 23.9 Å². The van der Waals surface area contributed by atoms with E-state index in [2.05, 4.69) is 0 Å². The minimum atomic E-state index is -0.990. The summed E-state index contributed by atoms with van der Waals surface area (Å²) in [4.78, 5) is 34.7. The zero-order valence-corrected chi connectivity index (χ0v) is 14.0. The number of hydrogen-bond donors (Lipinski definition) is 0. The van der Waals surface area contributed by atoms with Crippen molar-refractivity contribution in [3.63, 3.8) is 0 Å². The van der Waals surface area contributed by atoms with Crippen molar-refractivity contribution in [3.8, 4) is 0 Å². The number of nitrogens with zero attached hydrogens (tertiary/aromatic N) is 1. The van der Waals surface area contributed by atoms with Crippen molar-refractivity contribution < 1.29 is 23.6 Å². The van der Waals surface area contributed by atoms with E-state index in [4.69, 9.17) is 4.74 Å². The molecule has 25 heavy (non-hydrogen) atoms. The fraction of sp³-hybridized carbons (Fsp3) is 0.176. The van der Waals surface area contributed by atoms with Crippen molar-refractivity contribution in [1.82, 2.24) is 0 Å². The average Bonchev–Trinajstić information content (AvgIpc) is 2.60. The van der Waals surface area contributed by atoms with E-state index in [1.54, 1.807) is 0 Å². The number of ketones is 1. The van der Waals surface area contributed by atoms with E-state index < -0.39 is 28.6 Å². The van der Waals surface area contributed by atoms with Crippen LogP contribution in [0, 0.1) is 15.9 Å². The molecule has 6 nitrogen and oxygen atoms in total. The summed E-state index contributed by atoms with van der Waals surface area (Å²) < 4.78 is 17.9. The number of nitro groups is 1. The van der Waals surface area contributed by atoms with Crippen molar-refractivity contribution >= 4 is 29.2 Å². The van der Waals surface area contributed by atoms with Gasteiger partial charge in [-0.25, -0.2) is 4.39 Å². The van der Waals surface area contributed by atoms with E-state index in [9.17, 15) is 24.1 Å². The molecule has 0 aliphatic carbocycles. The van der Waals surface area contributed by atoms with Crippen molar-refractivity contribution in [1.29, 1.82) is 0 Å². The highest BCUT2D eigenvalue weighted by Gasteiger charge is 2.19. The summed E-state index contributed by atoms with van der Waals surface area (Å²) in [5, 5.41) is 10.6. The maximum atomic E-state index is 12.9. The van der Waals surface area contributed by atoms with Crippen LogP contribution >= 0.6 is 11.8 Å². The van der Waals surface area contributed by atoms with E-state index in [1.165, 1.54) is 43.3 Å². The van der Waals surface area contributed by atoms with Gasteiger partial charge in [-0.15, -0.1) is 11.8 Å². The lowest BCUT2D eigenvalue weighted by molar-refractivity contribution is -0.384. The first-order valence-electron chi connectivity index (χ1n) is 7.23. The van der Waals surface area contributed by atoms with Crippen LogP contribution in [0.5, 0.6) is 0 Å².